The lowest BCUT2D eigenvalue weighted by Gasteiger charge is -2.06. The molecule has 3 rings (SSSR count). The van der Waals surface area contributed by atoms with Crippen molar-refractivity contribution in [3.8, 4) is 0 Å². The zero-order chi connectivity index (χ0) is 14.2. The molecule has 20 heavy (non-hydrogen) atoms. The summed E-state index contributed by atoms with van der Waals surface area (Å²) < 4.78 is 28.5. The van der Waals surface area contributed by atoms with Gasteiger partial charge in [-0.1, -0.05) is 30.3 Å². The SMILES string of the molecule is NC(c1ccccc1)c1nnc(C2CCS(=O)(=O)C2)o1. The van der Waals surface area contributed by atoms with E-state index in [4.69, 9.17) is 10.2 Å². The molecule has 2 heterocycles. The van der Waals surface area contributed by atoms with Crippen molar-refractivity contribution in [3.63, 3.8) is 0 Å². The van der Waals surface area contributed by atoms with E-state index >= 15 is 0 Å². The molecule has 7 heteroatoms. The first kappa shape index (κ1) is 13.3. The molecule has 0 saturated carbocycles. The van der Waals surface area contributed by atoms with Gasteiger partial charge in [-0.2, -0.15) is 0 Å². The van der Waals surface area contributed by atoms with Gasteiger partial charge < -0.3 is 10.2 Å². The van der Waals surface area contributed by atoms with E-state index in [9.17, 15) is 8.42 Å². The molecule has 0 radical (unpaired) electrons. The van der Waals surface area contributed by atoms with Gasteiger partial charge in [0.25, 0.3) is 0 Å². The zero-order valence-corrected chi connectivity index (χ0v) is 11.6. The van der Waals surface area contributed by atoms with Crippen molar-refractivity contribution in [1.29, 1.82) is 0 Å². The van der Waals surface area contributed by atoms with Gasteiger partial charge in [0.05, 0.1) is 17.4 Å². The molecule has 0 bridgehead atoms. The van der Waals surface area contributed by atoms with Crippen molar-refractivity contribution in [2.24, 2.45) is 5.73 Å². The Morgan fingerprint density at radius 1 is 1.25 bits per heavy atom. The molecule has 2 unspecified atom stereocenters. The molecule has 1 aliphatic rings. The maximum Gasteiger partial charge on any atom is 0.237 e. The summed E-state index contributed by atoms with van der Waals surface area (Å²) in [6, 6.07) is 8.95. The Morgan fingerprint density at radius 2 is 2.00 bits per heavy atom. The summed E-state index contributed by atoms with van der Waals surface area (Å²) in [6.45, 7) is 0. The highest BCUT2D eigenvalue weighted by Gasteiger charge is 2.33. The molecule has 0 amide bonds. The van der Waals surface area contributed by atoms with Crippen molar-refractivity contribution in [3.05, 3.63) is 47.7 Å². The molecule has 1 aromatic heterocycles. The van der Waals surface area contributed by atoms with E-state index in [0.29, 0.717) is 18.2 Å². The van der Waals surface area contributed by atoms with Crippen LogP contribution >= 0.6 is 0 Å². The molecule has 2 atom stereocenters. The van der Waals surface area contributed by atoms with Crippen LogP contribution in [0, 0.1) is 0 Å². The van der Waals surface area contributed by atoms with Crippen LogP contribution in [0.3, 0.4) is 0 Å². The van der Waals surface area contributed by atoms with E-state index in [1.165, 1.54) is 0 Å². The van der Waals surface area contributed by atoms with Crippen LogP contribution in [0.5, 0.6) is 0 Å². The third-order valence-corrected chi connectivity index (χ3v) is 5.23. The van der Waals surface area contributed by atoms with E-state index < -0.39 is 15.9 Å². The number of hydrogen-bond acceptors (Lipinski definition) is 6. The summed E-state index contributed by atoms with van der Waals surface area (Å²) in [5.74, 6) is 0.738. The minimum atomic E-state index is -2.97. The Kier molecular flexibility index (Phi) is 3.31. The average Bonchev–Trinajstić information content (AvgIpc) is 3.05. The smallest absolute Gasteiger partial charge is 0.237 e. The highest BCUT2D eigenvalue weighted by Crippen LogP contribution is 2.29. The molecule has 1 saturated heterocycles. The van der Waals surface area contributed by atoms with Gasteiger partial charge in [-0.3, -0.25) is 0 Å². The predicted octanol–water partition coefficient (Wildman–Crippen LogP) is 1.02. The minimum absolute atomic E-state index is 0.0786. The van der Waals surface area contributed by atoms with Crippen LogP contribution in [-0.2, 0) is 9.84 Å². The molecule has 1 fully saturated rings. The van der Waals surface area contributed by atoms with Gasteiger partial charge in [0.1, 0.15) is 6.04 Å². The van der Waals surface area contributed by atoms with Gasteiger partial charge in [0.2, 0.25) is 11.8 Å². The van der Waals surface area contributed by atoms with Gasteiger partial charge in [-0.25, -0.2) is 8.42 Å². The van der Waals surface area contributed by atoms with E-state index in [0.717, 1.165) is 5.56 Å². The van der Waals surface area contributed by atoms with Crippen LogP contribution in [0.1, 0.15) is 35.7 Å². The maximum atomic E-state index is 11.5. The third-order valence-electron chi connectivity index (χ3n) is 3.46. The summed E-state index contributed by atoms with van der Waals surface area (Å²) in [6.07, 6.45) is 0.532. The van der Waals surface area contributed by atoms with Gasteiger partial charge in [0, 0.05) is 0 Å². The van der Waals surface area contributed by atoms with Crippen LogP contribution in [0.15, 0.2) is 34.7 Å². The highest BCUT2D eigenvalue weighted by molar-refractivity contribution is 7.91. The van der Waals surface area contributed by atoms with Crippen LogP contribution in [0.25, 0.3) is 0 Å². The lowest BCUT2D eigenvalue weighted by atomic mass is 10.1. The van der Waals surface area contributed by atoms with Gasteiger partial charge in [0.15, 0.2) is 9.84 Å². The summed E-state index contributed by atoms with van der Waals surface area (Å²) in [7, 11) is -2.97. The predicted molar refractivity (Wildman–Crippen MR) is 72.8 cm³/mol. The minimum Gasteiger partial charge on any atom is -0.423 e. The molecule has 1 aliphatic heterocycles. The Labute approximate surface area is 116 Å². The van der Waals surface area contributed by atoms with Gasteiger partial charge in [-0.05, 0) is 12.0 Å². The summed E-state index contributed by atoms with van der Waals surface area (Å²) in [5, 5.41) is 7.90. The number of benzene rings is 1. The topological polar surface area (TPSA) is 99.1 Å². The summed E-state index contributed by atoms with van der Waals surface area (Å²) in [4.78, 5) is 0. The first-order valence-corrected chi connectivity index (χ1v) is 8.21. The molecule has 0 spiro atoms. The van der Waals surface area contributed by atoms with Gasteiger partial charge in [-0.15, -0.1) is 10.2 Å². The molecule has 1 aromatic carbocycles. The lowest BCUT2D eigenvalue weighted by molar-refractivity contribution is 0.413. The van der Waals surface area contributed by atoms with E-state index in [1.54, 1.807) is 0 Å². The maximum absolute atomic E-state index is 11.5. The van der Waals surface area contributed by atoms with Crippen molar-refractivity contribution < 1.29 is 12.8 Å². The number of hydrogen-bond donors (Lipinski definition) is 1. The van der Waals surface area contributed by atoms with Crippen LogP contribution in [0.4, 0.5) is 0 Å². The van der Waals surface area contributed by atoms with Crippen molar-refractivity contribution in [2.75, 3.05) is 11.5 Å². The van der Waals surface area contributed by atoms with Crippen molar-refractivity contribution >= 4 is 9.84 Å². The fourth-order valence-electron chi connectivity index (χ4n) is 2.33. The highest BCUT2D eigenvalue weighted by atomic mass is 32.2. The molecule has 106 valence electrons. The van der Waals surface area contributed by atoms with E-state index in [1.807, 2.05) is 30.3 Å². The molecule has 2 aromatic rings. The second-order valence-corrected chi connectivity index (χ2v) is 7.20. The Balaban J connectivity index is 1.81. The summed E-state index contributed by atoms with van der Waals surface area (Å²) in [5.41, 5.74) is 6.94. The normalized spacial score (nSPS) is 22.8. The summed E-state index contributed by atoms with van der Waals surface area (Å²) >= 11 is 0. The largest absolute Gasteiger partial charge is 0.423 e. The Bertz CT molecular complexity index is 697. The molecule has 2 N–H and O–H groups in total. The van der Waals surface area contributed by atoms with Crippen LogP contribution < -0.4 is 5.73 Å². The van der Waals surface area contributed by atoms with Gasteiger partial charge >= 0.3 is 0 Å². The fraction of sp³-hybridized carbons (Fsp3) is 0.385. The lowest BCUT2D eigenvalue weighted by Crippen LogP contribution is -2.12. The number of aromatic nitrogens is 2. The third kappa shape index (κ3) is 2.59. The molecule has 6 nitrogen and oxygen atoms in total. The first-order valence-electron chi connectivity index (χ1n) is 6.39. The number of nitrogens with two attached hydrogens (primary N) is 1. The first-order chi connectivity index (χ1) is 9.55. The standard InChI is InChI=1S/C13H15N3O3S/c14-11(9-4-2-1-3-5-9)13-16-15-12(19-13)10-6-7-20(17,18)8-10/h1-5,10-11H,6-8,14H2. The van der Waals surface area contributed by atoms with Crippen molar-refractivity contribution in [1.82, 2.24) is 10.2 Å². The van der Waals surface area contributed by atoms with E-state index in [-0.39, 0.29) is 17.4 Å². The number of nitrogens with zero attached hydrogens (tertiary/aromatic N) is 2. The second-order valence-electron chi connectivity index (χ2n) is 4.97. The second kappa shape index (κ2) is 4.99. The monoisotopic (exact) mass is 293 g/mol. The zero-order valence-electron chi connectivity index (χ0n) is 10.8. The Morgan fingerprint density at radius 3 is 2.65 bits per heavy atom. The number of rotatable bonds is 3. The average molecular weight is 293 g/mol. The Hall–Kier alpha value is -1.73. The van der Waals surface area contributed by atoms with Crippen LogP contribution in [-0.4, -0.2) is 30.1 Å². The molecular weight excluding hydrogens is 278 g/mol. The quantitative estimate of drug-likeness (QED) is 0.907. The molecule has 0 aliphatic carbocycles. The van der Waals surface area contributed by atoms with E-state index in [2.05, 4.69) is 10.2 Å². The fourth-order valence-corrected chi connectivity index (χ4v) is 4.06. The number of sulfone groups is 1. The van der Waals surface area contributed by atoms with Crippen LogP contribution in [0.2, 0.25) is 0 Å². The molecular formula is C13H15N3O3S. The van der Waals surface area contributed by atoms with Crippen molar-refractivity contribution in [2.45, 2.75) is 18.4 Å².